The number of carbonyl (C=O) groups is 2. The Morgan fingerprint density at radius 3 is 2.61 bits per heavy atom. The molecule has 0 aliphatic carbocycles. The van der Waals surface area contributed by atoms with E-state index in [1.807, 2.05) is 19.9 Å². The molecule has 1 rings (SSSR count). The van der Waals surface area contributed by atoms with Crippen LogP contribution in [-0.2, 0) is 16.1 Å². The minimum atomic E-state index is -1.25. The Labute approximate surface area is 104 Å². The fourth-order valence-corrected chi connectivity index (χ4v) is 1.56. The number of nitrogens with one attached hydrogen (secondary N) is 1. The predicted octanol–water partition coefficient (Wildman–Crippen LogP) is -0.548. The molecule has 7 nitrogen and oxygen atoms in total. The van der Waals surface area contributed by atoms with Crippen LogP contribution in [0.4, 0.5) is 0 Å². The van der Waals surface area contributed by atoms with Gasteiger partial charge in [-0.15, -0.1) is 0 Å². The molecule has 0 aromatic carbocycles. The average molecular weight is 255 g/mol. The van der Waals surface area contributed by atoms with Gasteiger partial charge < -0.3 is 15.5 Å². The molecule has 0 radical (unpaired) electrons. The second-order valence-electron chi connectivity index (χ2n) is 4.04. The Balaban J connectivity index is 2.46. The van der Waals surface area contributed by atoms with Gasteiger partial charge in [0.25, 0.3) is 0 Å². The highest BCUT2D eigenvalue weighted by molar-refractivity contribution is 5.83. The molecule has 0 saturated heterocycles. The lowest BCUT2D eigenvalue weighted by Gasteiger charge is -2.11. The van der Waals surface area contributed by atoms with Crippen LogP contribution in [0, 0.1) is 13.8 Å². The Kier molecular flexibility index (Phi) is 4.85. The first kappa shape index (κ1) is 14.2. The molecule has 0 bridgehead atoms. The van der Waals surface area contributed by atoms with Crippen molar-refractivity contribution in [1.29, 1.82) is 0 Å². The van der Waals surface area contributed by atoms with Gasteiger partial charge in [-0.3, -0.25) is 9.48 Å². The maximum Gasteiger partial charge on any atom is 0.328 e. The molecule has 1 aromatic rings. The first-order valence-corrected chi connectivity index (χ1v) is 5.58. The maximum atomic E-state index is 11.5. The van der Waals surface area contributed by atoms with Gasteiger partial charge in [0, 0.05) is 18.7 Å². The van der Waals surface area contributed by atoms with Gasteiger partial charge in [-0.25, -0.2) is 4.79 Å². The number of carboxylic acids is 1. The lowest BCUT2D eigenvalue weighted by Crippen LogP contribution is -2.43. The smallest absolute Gasteiger partial charge is 0.328 e. The van der Waals surface area contributed by atoms with E-state index < -0.39 is 24.5 Å². The van der Waals surface area contributed by atoms with E-state index >= 15 is 0 Å². The second kappa shape index (κ2) is 6.15. The third kappa shape index (κ3) is 3.85. The first-order chi connectivity index (χ1) is 8.43. The third-order valence-electron chi connectivity index (χ3n) is 2.47. The van der Waals surface area contributed by atoms with Crippen molar-refractivity contribution >= 4 is 11.9 Å². The number of nitrogens with zero attached hydrogens (tertiary/aromatic N) is 2. The standard InChI is InChI=1S/C11H17N3O4/c1-7-5-8(2)14(13-7)4-3-10(16)12-9(6-15)11(17)18/h5,9,15H,3-4,6H2,1-2H3,(H,12,16)(H,17,18)/t9-/m0/s1. The second-order valence-corrected chi connectivity index (χ2v) is 4.04. The number of aliphatic hydroxyl groups is 1. The van der Waals surface area contributed by atoms with Crippen LogP contribution in [0.5, 0.6) is 0 Å². The van der Waals surface area contributed by atoms with Crippen LogP contribution >= 0.6 is 0 Å². The summed E-state index contributed by atoms with van der Waals surface area (Å²) in [7, 11) is 0. The number of carbonyl (C=O) groups excluding carboxylic acids is 1. The number of amides is 1. The van der Waals surface area contributed by atoms with Crippen LogP contribution in [0.2, 0.25) is 0 Å². The number of aromatic nitrogens is 2. The molecule has 100 valence electrons. The lowest BCUT2D eigenvalue weighted by molar-refractivity contribution is -0.143. The molecule has 0 fully saturated rings. The summed E-state index contributed by atoms with van der Waals surface area (Å²) in [6.45, 7) is 3.49. The monoisotopic (exact) mass is 255 g/mol. The van der Waals surface area contributed by atoms with E-state index in [0.717, 1.165) is 11.4 Å². The molecule has 18 heavy (non-hydrogen) atoms. The molecule has 1 atom stereocenters. The zero-order valence-corrected chi connectivity index (χ0v) is 10.4. The van der Waals surface area contributed by atoms with E-state index in [0.29, 0.717) is 6.54 Å². The molecule has 0 aliphatic heterocycles. The van der Waals surface area contributed by atoms with Crippen molar-refractivity contribution in [3.63, 3.8) is 0 Å². The fourth-order valence-electron chi connectivity index (χ4n) is 1.56. The van der Waals surface area contributed by atoms with Crippen LogP contribution in [0.15, 0.2) is 6.07 Å². The van der Waals surface area contributed by atoms with Crippen molar-refractivity contribution in [1.82, 2.24) is 15.1 Å². The van der Waals surface area contributed by atoms with E-state index in [9.17, 15) is 9.59 Å². The average Bonchev–Trinajstić information content (AvgIpc) is 2.61. The molecule has 7 heteroatoms. The predicted molar refractivity (Wildman–Crippen MR) is 63.0 cm³/mol. The Morgan fingerprint density at radius 2 is 2.17 bits per heavy atom. The Hall–Kier alpha value is -1.89. The van der Waals surface area contributed by atoms with Crippen LogP contribution in [0.25, 0.3) is 0 Å². The van der Waals surface area contributed by atoms with Gasteiger partial charge >= 0.3 is 5.97 Å². The summed E-state index contributed by atoms with van der Waals surface area (Å²) < 4.78 is 1.68. The number of aliphatic carboxylic acids is 1. The molecule has 0 unspecified atom stereocenters. The highest BCUT2D eigenvalue weighted by atomic mass is 16.4. The van der Waals surface area contributed by atoms with Crippen molar-refractivity contribution in [3.05, 3.63) is 17.5 Å². The number of hydrogen-bond donors (Lipinski definition) is 3. The molecule has 0 spiro atoms. The van der Waals surface area contributed by atoms with Gasteiger partial charge in [0.1, 0.15) is 6.04 Å². The number of carboxylic acid groups (broad SMARTS) is 1. The van der Waals surface area contributed by atoms with E-state index in [4.69, 9.17) is 10.2 Å². The number of hydrogen-bond acceptors (Lipinski definition) is 4. The van der Waals surface area contributed by atoms with Crippen LogP contribution in [0.3, 0.4) is 0 Å². The van der Waals surface area contributed by atoms with Crippen LogP contribution in [-0.4, -0.2) is 44.5 Å². The van der Waals surface area contributed by atoms with Gasteiger partial charge in [0.2, 0.25) is 5.91 Å². The molecule has 1 heterocycles. The molecule has 1 amide bonds. The summed E-state index contributed by atoms with van der Waals surface area (Å²) in [4.78, 5) is 22.1. The summed E-state index contributed by atoms with van der Waals surface area (Å²) in [5, 5.41) is 23.8. The normalized spacial score (nSPS) is 12.2. The summed E-state index contributed by atoms with van der Waals surface area (Å²) >= 11 is 0. The van der Waals surface area contributed by atoms with Gasteiger partial charge in [0.05, 0.1) is 12.3 Å². The van der Waals surface area contributed by atoms with Gasteiger partial charge in [-0.05, 0) is 19.9 Å². The first-order valence-electron chi connectivity index (χ1n) is 5.58. The largest absolute Gasteiger partial charge is 0.480 e. The van der Waals surface area contributed by atoms with Crippen molar-refractivity contribution in [2.45, 2.75) is 32.9 Å². The zero-order chi connectivity index (χ0) is 13.7. The van der Waals surface area contributed by atoms with Gasteiger partial charge in [-0.1, -0.05) is 0 Å². The SMILES string of the molecule is Cc1cc(C)n(CCC(=O)N[C@@H](CO)C(=O)O)n1. The van der Waals surface area contributed by atoms with Crippen molar-refractivity contribution in [3.8, 4) is 0 Å². The van der Waals surface area contributed by atoms with E-state index in [1.165, 1.54) is 0 Å². The summed E-state index contributed by atoms with van der Waals surface area (Å²) in [5.41, 5.74) is 1.81. The van der Waals surface area contributed by atoms with E-state index in [-0.39, 0.29) is 6.42 Å². The molecule has 1 aromatic heterocycles. The van der Waals surface area contributed by atoms with Crippen LogP contribution in [0.1, 0.15) is 17.8 Å². The minimum absolute atomic E-state index is 0.117. The molecular weight excluding hydrogens is 238 g/mol. The minimum Gasteiger partial charge on any atom is -0.480 e. The van der Waals surface area contributed by atoms with Crippen molar-refractivity contribution in [2.24, 2.45) is 0 Å². The molecular formula is C11H17N3O4. The Morgan fingerprint density at radius 1 is 1.50 bits per heavy atom. The van der Waals surface area contributed by atoms with Gasteiger partial charge in [0.15, 0.2) is 0 Å². The Bertz CT molecular complexity index is 441. The van der Waals surface area contributed by atoms with E-state index in [1.54, 1.807) is 4.68 Å². The zero-order valence-electron chi connectivity index (χ0n) is 10.4. The fraction of sp³-hybridized carbons (Fsp3) is 0.545. The van der Waals surface area contributed by atoms with Crippen LogP contribution < -0.4 is 5.32 Å². The van der Waals surface area contributed by atoms with Crippen molar-refractivity contribution in [2.75, 3.05) is 6.61 Å². The topological polar surface area (TPSA) is 104 Å². The highest BCUT2D eigenvalue weighted by Gasteiger charge is 2.18. The molecule has 0 aliphatic rings. The van der Waals surface area contributed by atoms with E-state index in [2.05, 4.69) is 10.4 Å². The molecule has 0 saturated carbocycles. The molecule has 3 N–H and O–H groups in total. The lowest BCUT2D eigenvalue weighted by atomic mass is 10.3. The quantitative estimate of drug-likeness (QED) is 0.632. The summed E-state index contributed by atoms with van der Waals surface area (Å²) in [6.07, 6.45) is 0.117. The number of rotatable bonds is 6. The summed E-state index contributed by atoms with van der Waals surface area (Å²) in [6, 6.07) is 0.643. The third-order valence-corrected chi connectivity index (χ3v) is 2.47. The maximum absolute atomic E-state index is 11.5. The number of aliphatic hydroxyl groups excluding tert-OH is 1. The van der Waals surface area contributed by atoms with Crippen molar-refractivity contribution < 1.29 is 19.8 Å². The number of aryl methyl sites for hydroxylation is 3. The highest BCUT2D eigenvalue weighted by Crippen LogP contribution is 2.02. The summed E-state index contributed by atoms with van der Waals surface area (Å²) in [5.74, 6) is -1.68. The van der Waals surface area contributed by atoms with Gasteiger partial charge in [-0.2, -0.15) is 5.10 Å².